The van der Waals surface area contributed by atoms with Gasteiger partial charge in [-0.05, 0) is 51.4 Å². The van der Waals surface area contributed by atoms with Crippen molar-refractivity contribution >= 4 is 0 Å². The zero-order valence-electron chi connectivity index (χ0n) is 10.3. The van der Waals surface area contributed by atoms with Crippen LogP contribution in [0.5, 0.6) is 0 Å². The van der Waals surface area contributed by atoms with Gasteiger partial charge in [-0.2, -0.15) is 0 Å². The summed E-state index contributed by atoms with van der Waals surface area (Å²) in [7, 11) is 0. The van der Waals surface area contributed by atoms with Gasteiger partial charge in [0.15, 0.2) is 0 Å². The van der Waals surface area contributed by atoms with E-state index < -0.39 is 0 Å². The molecule has 1 unspecified atom stereocenters. The molecule has 0 aromatic carbocycles. The molecule has 0 amide bonds. The minimum Gasteiger partial charge on any atom is -0.376 e. The largest absolute Gasteiger partial charge is 0.376 e. The SMILES string of the molecule is CCC(C)C1CCC(OC(C)C)CC1. The van der Waals surface area contributed by atoms with Gasteiger partial charge in [-0.3, -0.25) is 0 Å². The standard InChI is InChI=1S/C13H26O/c1-5-11(4)12-6-8-13(9-7-12)14-10(2)3/h10-13H,5-9H2,1-4H3. The Kier molecular flexibility index (Phi) is 4.94. The highest BCUT2D eigenvalue weighted by atomic mass is 16.5. The first-order valence-corrected chi connectivity index (χ1v) is 6.29. The molecule has 0 heterocycles. The van der Waals surface area contributed by atoms with Crippen LogP contribution in [0.3, 0.4) is 0 Å². The number of rotatable bonds is 4. The average molecular weight is 198 g/mol. The third-order valence-corrected chi connectivity index (χ3v) is 3.63. The summed E-state index contributed by atoms with van der Waals surface area (Å²) < 4.78 is 5.85. The summed E-state index contributed by atoms with van der Waals surface area (Å²) in [6, 6.07) is 0. The fourth-order valence-electron chi connectivity index (χ4n) is 2.51. The fourth-order valence-corrected chi connectivity index (χ4v) is 2.51. The van der Waals surface area contributed by atoms with E-state index in [1.165, 1.54) is 32.1 Å². The van der Waals surface area contributed by atoms with Gasteiger partial charge in [-0.15, -0.1) is 0 Å². The molecule has 1 nitrogen and oxygen atoms in total. The lowest BCUT2D eigenvalue weighted by Gasteiger charge is -2.32. The van der Waals surface area contributed by atoms with Crippen molar-refractivity contribution in [3.63, 3.8) is 0 Å². The highest BCUT2D eigenvalue weighted by Crippen LogP contribution is 2.33. The van der Waals surface area contributed by atoms with Crippen molar-refractivity contribution in [3.8, 4) is 0 Å². The minimum absolute atomic E-state index is 0.403. The predicted octanol–water partition coefficient (Wildman–Crippen LogP) is 4.02. The third-order valence-electron chi connectivity index (χ3n) is 3.63. The van der Waals surface area contributed by atoms with Crippen LogP contribution in [0, 0.1) is 11.8 Å². The number of hydrogen-bond acceptors (Lipinski definition) is 1. The summed E-state index contributed by atoms with van der Waals surface area (Å²) in [4.78, 5) is 0. The fraction of sp³-hybridized carbons (Fsp3) is 1.00. The summed E-state index contributed by atoms with van der Waals surface area (Å²) in [5, 5.41) is 0. The maximum Gasteiger partial charge on any atom is 0.0578 e. The number of hydrogen-bond donors (Lipinski definition) is 0. The quantitative estimate of drug-likeness (QED) is 0.663. The highest BCUT2D eigenvalue weighted by Gasteiger charge is 2.24. The van der Waals surface area contributed by atoms with Crippen molar-refractivity contribution in [1.29, 1.82) is 0 Å². The molecule has 0 spiro atoms. The summed E-state index contributed by atoms with van der Waals surface area (Å²) in [5.74, 6) is 1.88. The van der Waals surface area contributed by atoms with Gasteiger partial charge in [0, 0.05) is 0 Å². The Hall–Kier alpha value is -0.0400. The Morgan fingerprint density at radius 2 is 1.64 bits per heavy atom. The Balaban J connectivity index is 2.24. The molecule has 1 saturated carbocycles. The lowest BCUT2D eigenvalue weighted by Crippen LogP contribution is -2.26. The van der Waals surface area contributed by atoms with Crippen molar-refractivity contribution in [2.45, 2.75) is 72.0 Å². The maximum absolute atomic E-state index is 5.85. The Morgan fingerprint density at radius 3 is 2.07 bits per heavy atom. The molecule has 1 aliphatic carbocycles. The van der Waals surface area contributed by atoms with E-state index in [1.807, 2.05) is 0 Å². The Labute approximate surface area is 89.2 Å². The van der Waals surface area contributed by atoms with Crippen molar-refractivity contribution in [1.82, 2.24) is 0 Å². The zero-order chi connectivity index (χ0) is 10.6. The van der Waals surface area contributed by atoms with E-state index in [9.17, 15) is 0 Å². The van der Waals surface area contributed by atoms with Crippen LogP contribution < -0.4 is 0 Å². The first-order chi connectivity index (χ1) is 6.63. The van der Waals surface area contributed by atoms with Gasteiger partial charge in [0.05, 0.1) is 12.2 Å². The van der Waals surface area contributed by atoms with Crippen LogP contribution in [-0.2, 0) is 4.74 Å². The molecule has 84 valence electrons. The normalized spacial score (nSPS) is 30.6. The van der Waals surface area contributed by atoms with Crippen molar-refractivity contribution < 1.29 is 4.74 Å². The van der Waals surface area contributed by atoms with Gasteiger partial charge in [0.25, 0.3) is 0 Å². The van der Waals surface area contributed by atoms with E-state index >= 15 is 0 Å². The maximum atomic E-state index is 5.85. The summed E-state index contributed by atoms with van der Waals surface area (Å²) in [6.07, 6.45) is 7.62. The van der Waals surface area contributed by atoms with Crippen LogP contribution in [0.4, 0.5) is 0 Å². The van der Waals surface area contributed by atoms with Gasteiger partial charge >= 0.3 is 0 Å². The molecule has 0 aromatic rings. The van der Waals surface area contributed by atoms with Crippen LogP contribution in [0.25, 0.3) is 0 Å². The third kappa shape index (κ3) is 3.61. The second kappa shape index (κ2) is 5.75. The monoisotopic (exact) mass is 198 g/mol. The zero-order valence-corrected chi connectivity index (χ0v) is 10.3. The van der Waals surface area contributed by atoms with Gasteiger partial charge in [-0.25, -0.2) is 0 Å². The van der Waals surface area contributed by atoms with Crippen molar-refractivity contribution in [3.05, 3.63) is 0 Å². The lowest BCUT2D eigenvalue weighted by molar-refractivity contribution is -0.0238. The molecule has 1 atom stereocenters. The van der Waals surface area contributed by atoms with E-state index in [-0.39, 0.29) is 0 Å². The summed E-state index contributed by atoms with van der Waals surface area (Å²) >= 11 is 0. The molecule has 1 rings (SSSR count). The van der Waals surface area contributed by atoms with Gasteiger partial charge < -0.3 is 4.74 Å². The van der Waals surface area contributed by atoms with E-state index in [4.69, 9.17) is 4.74 Å². The topological polar surface area (TPSA) is 9.23 Å². The van der Waals surface area contributed by atoms with E-state index in [0.717, 1.165) is 11.8 Å². The van der Waals surface area contributed by atoms with Gasteiger partial charge in [0.1, 0.15) is 0 Å². The van der Waals surface area contributed by atoms with Crippen LogP contribution in [0.1, 0.15) is 59.8 Å². The molecule has 1 fully saturated rings. The molecule has 0 aromatic heterocycles. The molecule has 0 aliphatic heterocycles. The van der Waals surface area contributed by atoms with Crippen molar-refractivity contribution in [2.75, 3.05) is 0 Å². The second-order valence-corrected chi connectivity index (χ2v) is 5.11. The van der Waals surface area contributed by atoms with E-state index in [2.05, 4.69) is 27.7 Å². The highest BCUT2D eigenvalue weighted by molar-refractivity contribution is 4.76. The predicted molar refractivity (Wildman–Crippen MR) is 61.4 cm³/mol. The second-order valence-electron chi connectivity index (χ2n) is 5.11. The smallest absolute Gasteiger partial charge is 0.0578 e. The minimum atomic E-state index is 0.403. The summed E-state index contributed by atoms with van der Waals surface area (Å²) in [5.41, 5.74) is 0. The van der Waals surface area contributed by atoms with Crippen LogP contribution in [-0.4, -0.2) is 12.2 Å². The number of ether oxygens (including phenoxy) is 1. The lowest BCUT2D eigenvalue weighted by atomic mass is 9.79. The van der Waals surface area contributed by atoms with E-state index in [1.54, 1.807) is 0 Å². The van der Waals surface area contributed by atoms with E-state index in [0.29, 0.717) is 12.2 Å². The first kappa shape index (κ1) is 12.0. The molecular formula is C13H26O. The Morgan fingerprint density at radius 1 is 1.07 bits per heavy atom. The summed E-state index contributed by atoms with van der Waals surface area (Å²) in [6.45, 7) is 8.98. The molecule has 1 heteroatoms. The molecule has 0 N–H and O–H groups in total. The molecule has 0 saturated heterocycles. The van der Waals surface area contributed by atoms with Gasteiger partial charge in [-0.1, -0.05) is 20.3 Å². The molecule has 0 bridgehead atoms. The molecular weight excluding hydrogens is 172 g/mol. The van der Waals surface area contributed by atoms with Crippen LogP contribution in [0.2, 0.25) is 0 Å². The average Bonchev–Trinajstić information content (AvgIpc) is 2.17. The van der Waals surface area contributed by atoms with Gasteiger partial charge in [0.2, 0.25) is 0 Å². The van der Waals surface area contributed by atoms with Crippen molar-refractivity contribution in [2.24, 2.45) is 11.8 Å². The first-order valence-electron chi connectivity index (χ1n) is 6.29. The Bertz CT molecular complexity index is 145. The van der Waals surface area contributed by atoms with Crippen LogP contribution in [0.15, 0.2) is 0 Å². The molecule has 0 radical (unpaired) electrons. The molecule has 1 aliphatic rings. The van der Waals surface area contributed by atoms with Crippen LogP contribution >= 0.6 is 0 Å². The molecule has 14 heavy (non-hydrogen) atoms.